The number of aliphatic hydroxyl groups is 1. The standard InChI is InChI=1S/C25H29N7O4/c1-13-4-3-5-20(27-13)29-25(36)23-15-6-8-17(10-15)32(23)21(34)12-31-19-9-7-16(28-14(2)33)11-18(19)22(30-31)24(26)35/h3-5,7,9,11,15,17,23-24,35H,6,8,10,12,26H2,1-2H3,(H,28,33)(H,27,29,36)/t15-,17+,23-,24?/m0/s1. The first-order chi connectivity index (χ1) is 17.2. The Bertz CT molecular complexity index is 1350. The topological polar surface area (TPSA) is 155 Å². The number of amides is 3. The average molecular weight is 492 g/mol. The summed E-state index contributed by atoms with van der Waals surface area (Å²) >= 11 is 0. The molecule has 3 heterocycles. The third-order valence-corrected chi connectivity index (χ3v) is 6.95. The molecular weight excluding hydrogens is 462 g/mol. The molecule has 5 N–H and O–H groups in total. The highest BCUT2D eigenvalue weighted by Crippen LogP contribution is 2.43. The van der Waals surface area contributed by atoms with Crippen LogP contribution in [0.4, 0.5) is 11.5 Å². The molecule has 1 aliphatic heterocycles. The van der Waals surface area contributed by atoms with Gasteiger partial charge in [-0.3, -0.25) is 19.1 Å². The van der Waals surface area contributed by atoms with Crippen LogP contribution in [0, 0.1) is 12.8 Å². The van der Waals surface area contributed by atoms with Crippen LogP contribution in [-0.2, 0) is 20.9 Å². The minimum Gasteiger partial charge on any atom is -0.373 e. The van der Waals surface area contributed by atoms with Gasteiger partial charge < -0.3 is 26.4 Å². The lowest BCUT2D eigenvalue weighted by atomic mass is 9.97. The van der Waals surface area contributed by atoms with E-state index in [1.165, 1.54) is 11.6 Å². The van der Waals surface area contributed by atoms with Gasteiger partial charge >= 0.3 is 0 Å². The number of nitrogens with two attached hydrogens (primary N) is 1. The van der Waals surface area contributed by atoms with Crippen LogP contribution in [0.15, 0.2) is 36.4 Å². The van der Waals surface area contributed by atoms with Gasteiger partial charge in [0.15, 0.2) is 0 Å². The van der Waals surface area contributed by atoms with Crippen LogP contribution in [0.3, 0.4) is 0 Å². The van der Waals surface area contributed by atoms with Gasteiger partial charge in [-0.15, -0.1) is 0 Å². The molecule has 36 heavy (non-hydrogen) atoms. The number of pyridine rings is 1. The van der Waals surface area contributed by atoms with Crippen LogP contribution in [0.2, 0.25) is 0 Å². The monoisotopic (exact) mass is 491 g/mol. The SMILES string of the molecule is CC(=O)Nc1ccc2c(c1)c(C(N)O)nn2CC(=O)N1[C@@H]2CC[C@@H](C2)[C@H]1C(=O)Nc1cccc(C)n1. The number of carbonyl (C=O) groups excluding carboxylic acids is 3. The summed E-state index contributed by atoms with van der Waals surface area (Å²) in [5.41, 5.74) is 7.84. The summed E-state index contributed by atoms with van der Waals surface area (Å²) in [4.78, 5) is 44.3. The number of hydrogen-bond donors (Lipinski definition) is 4. The smallest absolute Gasteiger partial charge is 0.248 e. The van der Waals surface area contributed by atoms with Crippen molar-refractivity contribution in [2.45, 2.75) is 58.0 Å². The second-order valence-electron chi connectivity index (χ2n) is 9.53. The highest BCUT2D eigenvalue weighted by Gasteiger charge is 2.51. The number of fused-ring (bicyclic) bond motifs is 3. The number of anilines is 2. The van der Waals surface area contributed by atoms with Gasteiger partial charge in [-0.05, 0) is 62.4 Å². The molecule has 2 fully saturated rings. The van der Waals surface area contributed by atoms with Crippen LogP contribution in [-0.4, -0.2) is 54.6 Å². The summed E-state index contributed by atoms with van der Waals surface area (Å²) in [6.07, 6.45) is 1.18. The maximum absolute atomic E-state index is 13.6. The molecule has 0 radical (unpaired) electrons. The molecule has 188 valence electrons. The Balaban J connectivity index is 1.41. The summed E-state index contributed by atoms with van der Waals surface area (Å²) in [6.45, 7) is 3.14. The number of benzene rings is 1. The molecule has 1 aromatic carbocycles. The first-order valence-corrected chi connectivity index (χ1v) is 12.0. The second-order valence-corrected chi connectivity index (χ2v) is 9.53. The summed E-state index contributed by atoms with van der Waals surface area (Å²) in [5, 5.41) is 20.6. The zero-order chi connectivity index (χ0) is 25.6. The van der Waals surface area contributed by atoms with E-state index in [-0.39, 0.29) is 41.9 Å². The number of aromatic nitrogens is 3. The quantitative estimate of drug-likeness (QED) is 0.382. The van der Waals surface area contributed by atoms with E-state index < -0.39 is 12.3 Å². The fraction of sp³-hybridized carbons (Fsp3) is 0.400. The van der Waals surface area contributed by atoms with E-state index >= 15 is 0 Å². The summed E-state index contributed by atoms with van der Waals surface area (Å²) in [6, 6.07) is 9.91. The molecule has 1 saturated heterocycles. The number of aryl methyl sites for hydroxylation is 1. The maximum Gasteiger partial charge on any atom is 0.248 e. The number of hydrogen-bond acceptors (Lipinski definition) is 7. The van der Waals surface area contributed by atoms with Gasteiger partial charge in [0, 0.05) is 29.7 Å². The molecule has 2 bridgehead atoms. The van der Waals surface area contributed by atoms with Crippen molar-refractivity contribution in [3.05, 3.63) is 47.8 Å². The van der Waals surface area contributed by atoms with E-state index in [0.29, 0.717) is 22.4 Å². The lowest BCUT2D eigenvalue weighted by molar-refractivity contribution is -0.141. The van der Waals surface area contributed by atoms with Crippen molar-refractivity contribution in [3.8, 4) is 0 Å². The van der Waals surface area contributed by atoms with Gasteiger partial charge in [0.05, 0.1) is 5.52 Å². The van der Waals surface area contributed by atoms with Crippen molar-refractivity contribution in [1.29, 1.82) is 0 Å². The molecule has 11 heteroatoms. The maximum atomic E-state index is 13.6. The van der Waals surface area contributed by atoms with E-state index in [9.17, 15) is 19.5 Å². The molecule has 11 nitrogen and oxygen atoms in total. The molecule has 4 atom stereocenters. The van der Waals surface area contributed by atoms with E-state index in [4.69, 9.17) is 5.73 Å². The fourth-order valence-electron chi connectivity index (χ4n) is 5.53. The van der Waals surface area contributed by atoms with Crippen LogP contribution >= 0.6 is 0 Å². The zero-order valence-corrected chi connectivity index (χ0v) is 20.1. The fourth-order valence-corrected chi connectivity index (χ4v) is 5.53. The van der Waals surface area contributed by atoms with Crippen molar-refractivity contribution >= 4 is 40.1 Å². The lowest BCUT2D eigenvalue weighted by Gasteiger charge is -2.34. The minimum absolute atomic E-state index is 0.00326. The molecule has 2 aliphatic rings. The van der Waals surface area contributed by atoms with Crippen LogP contribution in [0.25, 0.3) is 10.9 Å². The van der Waals surface area contributed by atoms with Crippen molar-refractivity contribution in [3.63, 3.8) is 0 Å². The van der Waals surface area contributed by atoms with Gasteiger partial charge in [0.2, 0.25) is 17.7 Å². The van der Waals surface area contributed by atoms with Crippen molar-refractivity contribution in [2.75, 3.05) is 10.6 Å². The van der Waals surface area contributed by atoms with Gasteiger partial charge in [-0.1, -0.05) is 6.07 Å². The lowest BCUT2D eigenvalue weighted by Crippen LogP contribution is -2.52. The molecule has 0 spiro atoms. The Morgan fingerprint density at radius 1 is 1.19 bits per heavy atom. The molecular formula is C25H29N7O4. The predicted octanol–water partition coefficient (Wildman–Crippen LogP) is 1.67. The number of rotatable bonds is 6. The van der Waals surface area contributed by atoms with E-state index in [1.807, 2.05) is 19.1 Å². The molecule has 5 rings (SSSR count). The van der Waals surface area contributed by atoms with E-state index in [1.54, 1.807) is 29.2 Å². The molecule has 2 aromatic heterocycles. The van der Waals surface area contributed by atoms with Gasteiger partial charge in [-0.25, -0.2) is 4.98 Å². The number of nitrogens with one attached hydrogen (secondary N) is 2. The Morgan fingerprint density at radius 2 is 2.00 bits per heavy atom. The summed E-state index contributed by atoms with van der Waals surface area (Å²) in [5.74, 6) is -0.143. The Labute approximate surface area is 207 Å². The van der Waals surface area contributed by atoms with Crippen LogP contribution < -0.4 is 16.4 Å². The van der Waals surface area contributed by atoms with Crippen LogP contribution in [0.1, 0.15) is 43.8 Å². The highest BCUT2D eigenvalue weighted by atomic mass is 16.3. The molecule has 1 aliphatic carbocycles. The first kappa shape index (κ1) is 23.9. The molecule has 1 saturated carbocycles. The van der Waals surface area contributed by atoms with E-state index in [0.717, 1.165) is 25.0 Å². The summed E-state index contributed by atoms with van der Waals surface area (Å²) in [7, 11) is 0. The molecule has 3 amide bonds. The van der Waals surface area contributed by atoms with Crippen molar-refractivity contribution in [2.24, 2.45) is 11.7 Å². The Hall–Kier alpha value is -3.83. The number of nitrogens with zero attached hydrogens (tertiary/aromatic N) is 4. The minimum atomic E-state index is -1.36. The summed E-state index contributed by atoms with van der Waals surface area (Å²) < 4.78 is 1.49. The number of likely N-dealkylation sites (tertiary alicyclic amines) is 1. The Kier molecular flexibility index (Phi) is 6.19. The second kappa shape index (κ2) is 9.32. The number of piperidine rings is 1. The van der Waals surface area contributed by atoms with Gasteiger partial charge in [0.25, 0.3) is 0 Å². The zero-order valence-electron chi connectivity index (χ0n) is 20.1. The number of carbonyl (C=O) groups is 3. The van der Waals surface area contributed by atoms with Gasteiger partial charge in [0.1, 0.15) is 30.3 Å². The van der Waals surface area contributed by atoms with Crippen molar-refractivity contribution in [1.82, 2.24) is 19.7 Å². The van der Waals surface area contributed by atoms with E-state index in [2.05, 4.69) is 20.7 Å². The van der Waals surface area contributed by atoms with Gasteiger partial charge in [-0.2, -0.15) is 5.10 Å². The third kappa shape index (κ3) is 4.42. The van der Waals surface area contributed by atoms with Crippen LogP contribution in [0.5, 0.6) is 0 Å². The van der Waals surface area contributed by atoms with Crippen molar-refractivity contribution < 1.29 is 19.5 Å². The predicted molar refractivity (Wildman–Crippen MR) is 133 cm³/mol. The number of aliphatic hydroxyl groups excluding tert-OH is 1. The Morgan fingerprint density at radius 3 is 2.72 bits per heavy atom. The highest BCUT2D eigenvalue weighted by molar-refractivity contribution is 5.98. The molecule has 3 aromatic rings. The third-order valence-electron chi connectivity index (χ3n) is 6.95. The molecule has 1 unspecified atom stereocenters. The normalized spacial score (nSPS) is 21.6. The average Bonchev–Trinajstić information content (AvgIpc) is 3.52. The first-order valence-electron chi connectivity index (χ1n) is 12.0. The largest absolute Gasteiger partial charge is 0.373 e.